The number of ether oxygens (including phenoxy) is 3. The first-order chi connectivity index (χ1) is 17.5. The van der Waals surface area contributed by atoms with Gasteiger partial charge in [-0.3, -0.25) is 9.69 Å². The molecule has 3 aliphatic rings. The van der Waals surface area contributed by atoms with Crippen molar-refractivity contribution in [3.63, 3.8) is 0 Å². The van der Waals surface area contributed by atoms with Gasteiger partial charge in [-0.1, -0.05) is 43.0 Å². The number of hydrogen-bond donors (Lipinski definition) is 1. The Morgan fingerprint density at radius 3 is 2.75 bits per heavy atom. The van der Waals surface area contributed by atoms with E-state index in [9.17, 15) is 4.79 Å². The third-order valence-corrected chi connectivity index (χ3v) is 7.59. The van der Waals surface area contributed by atoms with Crippen LogP contribution in [0.3, 0.4) is 0 Å². The zero-order valence-corrected chi connectivity index (χ0v) is 21.0. The van der Waals surface area contributed by atoms with Gasteiger partial charge in [0, 0.05) is 43.4 Å². The van der Waals surface area contributed by atoms with Crippen LogP contribution < -0.4 is 10.1 Å². The molecule has 2 heterocycles. The number of nitrogens with zero attached hydrogens (tertiary/aromatic N) is 1. The molecule has 0 bridgehead atoms. The van der Waals surface area contributed by atoms with Gasteiger partial charge in [0.1, 0.15) is 12.4 Å². The molecule has 0 amide bonds. The second-order valence-corrected chi connectivity index (χ2v) is 10.3. The second-order valence-electron chi connectivity index (χ2n) is 10.3. The van der Waals surface area contributed by atoms with Gasteiger partial charge in [-0.25, -0.2) is 0 Å². The van der Waals surface area contributed by atoms with E-state index in [4.69, 9.17) is 14.2 Å². The molecule has 190 valence electrons. The minimum Gasteiger partial charge on any atom is -0.492 e. The highest BCUT2D eigenvalue weighted by molar-refractivity contribution is 5.81. The number of fused-ring (bicyclic) bond motifs is 1. The molecular weight excluding hydrogens is 452 g/mol. The average Bonchev–Trinajstić information content (AvgIpc) is 3.34. The first kappa shape index (κ1) is 24.6. The van der Waals surface area contributed by atoms with Crippen LogP contribution in [0.15, 0.2) is 73.0 Å². The maximum Gasteiger partial charge on any atom is 0.313 e. The molecule has 0 aromatic heterocycles. The Morgan fingerprint density at radius 2 is 1.94 bits per heavy atom. The van der Waals surface area contributed by atoms with Gasteiger partial charge >= 0.3 is 5.97 Å². The summed E-state index contributed by atoms with van der Waals surface area (Å²) in [7, 11) is 0. The van der Waals surface area contributed by atoms with Gasteiger partial charge < -0.3 is 19.5 Å². The summed E-state index contributed by atoms with van der Waals surface area (Å²) in [6, 6.07) is 16.5. The monoisotopic (exact) mass is 488 g/mol. The lowest BCUT2D eigenvalue weighted by Crippen LogP contribution is -2.38. The van der Waals surface area contributed by atoms with E-state index < -0.39 is 5.41 Å². The van der Waals surface area contributed by atoms with Gasteiger partial charge in [0.15, 0.2) is 0 Å². The number of cyclic esters (lactones) is 1. The molecule has 1 saturated carbocycles. The Hall–Kier alpha value is -3.09. The second kappa shape index (κ2) is 10.9. The molecule has 1 aliphatic carbocycles. The first-order valence-corrected chi connectivity index (χ1v) is 12.9. The Bertz CT molecular complexity index is 1110. The molecule has 0 spiro atoms. The van der Waals surface area contributed by atoms with Crippen LogP contribution in [0.25, 0.3) is 0 Å². The number of anilines is 1. The summed E-state index contributed by atoms with van der Waals surface area (Å²) < 4.78 is 16.8. The summed E-state index contributed by atoms with van der Waals surface area (Å²) in [4.78, 5) is 14.9. The Labute approximate surface area is 213 Å². The predicted molar refractivity (Wildman–Crippen MR) is 141 cm³/mol. The van der Waals surface area contributed by atoms with E-state index in [1.54, 1.807) is 0 Å². The number of allylic oxidation sites excluding steroid dienone is 2. The Morgan fingerprint density at radius 1 is 1.14 bits per heavy atom. The van der Waals surface area contributed by atoms with Gasteiger partial charge in [0.05, 0.1) is 25.2 Å². The number of nitrogens with one attached hydrogen (secondary N) is 1. The van der Waals surface area contributed by atoms with E-state index in [0.717, 1.165) is 79.5 Å². The highest BCUT2D eigenvalue weighted by atomic mass is 16.5. The summed E-state index contributed by atoms with van der Waals surface area (Å²) >= 11 is 0. The number of rotatable bonds is 10. The van der Waals surface area contributed by atoms with Crippen LogP contribution in [-0.2, 0) is 27.1 Å². The largest absolute Gasteiger partial charge is 0.492 e. The van der Waals surface area contributed by atoms with Crippen molar-refractivity contribution in [2.75, 3.05) is 51.4 Å². The molecule has 2 aliphatic heterocycles. The summed E-state index contributed by atoms with van der Waals surface area (Å²) in [5.74, 6) is 1.08. The fourth-order valence-electron chi connectivity index (χ4n) is 5.69. The third kappa shape index (κ3) is 5.66. The minimum absolute atomic E-state index is 0.0611. The molecule has 36 heavy (non-hydrogen) atoms. The molecule has 3 fully saturated rings. The normalized spacial score (nSPS) is 23.8. The van der Waals surface area contributed by atoms with Crippen molar-refractivity contribution in [2.24, 2.45) is 11.3 Å². The third-order valence-electron chi connectivity index (χ3n) is 7.59. The molecule has 2 aromatic rings. The summed E-state index contributed by atoms with van der Waals surface area (Å²) in [6.07, 6.45) is 3.05. The highest BCUT2D eigenvalue weighted by Gasteiger charge is 2.55. The smallest absolute Gasteiger partial charge is 0.313 e. The van der Waals surface area contributed by atoms with E-state index in [-0.39, 0.29) is 11.9 Å². The number of esters is 1. The van der Waals surface area contributed by atoms with Gasteiger partial charge in [-0.05, 0) is 54.7 Å². The number of carbonyl (C=O) groups is 1. The van der Waals surface area contributed by atoms with Crippen molar-refractivity contribution in [1.29, 1.82) is 0 Å². The minimum atomic E-state index is -0.426. The average molecular weight is 489 g/mol. The molecule has 6 nitrogen and oxygen atoms in total. The molecule has 2 saturated heterocycles. The van der Waals surface area contributed by atoms with E-state index in [1.807, 2.05) is 12.1 Å². The highest BCUT2D eigenvalue weighted by Crippen LogP contribution is 2.52. The van der Waals surface area contributed by atoms with Crippen LogP contribution in [0.2, 0.25) is 0 Å². The molecular formula is C30H36N2O4. The van der Waals surface area contributed by atoms with Crippen molar-refractivity contribution >= 4 is 11.7 Å². The van der Waals surface area contributed by atoms with Crippen molar-refractivity contribution in [2.45, 2.75) is 25.7 Å². The Kier molecular flexibility index (Phi) is 7.44. The lowest BCUT2D eigenvalue weighted by molar-refractivity contribution is -0.146. The topological polar surface area (TPSA) is 60.0 Å². The number of hydrogen-bond acceptors (Lipinski definition) is 6. The molecule has 2 unspecified atom stereocenters. The molecule has 6 heteroatoms. The summed E-state index contributed by atoms with van der Waals surface area (Å²) in [6.45, 7) is 14.0. The number of carbonyl (C=O) groups excluding carboxylic acids is 1. The molecule has 5 rings (SSSR count). The van der Waals surface area contributed by atoms with E-state index in [1.165, 1.54) is 0 Å². The maximum absolute atomic E-state index is 12.6. The standard InChI is InChI=1S/C30H36N2O4/c1-22-16-26-21-36-29(33)30(26,19-22)20-24-6-8-27(9-7-24)31-23(2)17-25-4-3-5-28(18-25)35-15-12-32-10-13-34-14-11-32/h3-9,18,26,31H,1-2,10-17,19-21H2. The SMILES string of the molecule is C=C1CC2COC(=O)C2(Cc2ccc(NC(=C)Cc3cccc(OCCN4CCOCC4)c3)cc2)C1. The lowest BCUT2D eigenvalue weighted by Gasteiger charge is -2.26. The lowest BCUT2D eigenvalue weighted by atomic mass is 9.75. The van der Waals surface area contributed by atoms with Gasteiger partial charge in [0.2, 0.25) is 0 Å². The quantitative estimate of drug-likeness (QED) is 0.389. The summed E-state index contributed by atoms with van der Waals surface area (Å²) in [5, 5.41) is 3.42. The van der Waals surface area contributed by atoms with Gasteiger partial charge in [-0.15, -0.1) is 0 Å². The van der Waals surface area contributed by atoms with Gasteiger partial charge in [-0.2, -0.15) is 0 Å². The van der Waals surface area contributed by atoms with Crippen molar-refractivity contribution in [3.05, 3.63) is 84.1 Å². The first-order valence-electron chi connectivity index (χ1n) is 12.9. The van der Waals surface area contributed by atoms with Crippen LogP contribution in [0.5, 0.6) is 5.75 Å². The van der Waals surface area contributed by atoms with Crippen LogP contribution in [0, 0.1) is 11.3 Å². The zero-order valence-electron chi connectivity index (χ0n) is 21.0. The van der Waals surface area contributed by atoms with Crippen molar-refractivity contribution in [1.82, 2.24) is 4.90 Å². The fourth-order valence-corrected chi connectivity index (χ4v) is 5.69. The Balaban J connectivity index is 1.12. The molecule has 0 radical (unpaired) electrons. The van der Waals surface area contributed by atoms with Crippen LogP contribution in [0.1, 0.15) is 24.0 Å². The van der Waals surface area contributed by atoms with Crippen molar-refractivity contribution in [3.8, 4) is 5.75 Å². The number of morpholine rings is 1. The van der Waals surface area contributed by atoms with E-state index in [0.29, 0.717) is 26.1 Å². The molecule has 2 aromatic carbocycles. The summed E-state index contributed by atoms with van der Waals surface area (Å²) in [5.41, 5.74) is 4.94. The van der Waals surface area contributed by atoms with Crippen LogP contribution >= 0.6 is 0 Å². The van der Waals surface area contributed by atoms with E-state index >= 15 is 0 Å². The van der Waals surface area contributed by atoms with Gasteiger partial charge in [0.25, 0.3) is 0 Å². The molecule has 2 atom stereocenters. The molecule has 1 N–H and O–H groups in total. The van der Waals surface area contributed by atoms with Crippen LogP contribution in [-0.4, -0.2) is 56.9 Å². The van der Waals surface area contributed by atoms with E-state index in [2.05, 4.69) is 59.8 Å². The maximum atomic E-state index is 12.6. The predicted octanol–water partition coefficient (Wildman–Crippen LogP) is 4.62. The van der Waals surface area contributed by atoms with Crippen molar-refractivity contribution < 1.29 is 19.0 Å². The number of benzene rings is 2. The fraction of sp³-hybridized carbons (Fsp3) is 0.433. The zero-order chi connectivity index (χ0) is 25.0. The van der Waals surface area contributed by atoms with Crippen LogP contribution in [0.4, 0.5) is 5.69 Å².